The van der Waals surface area contributed by atoms with Crippen molar-refractivity contribution in [2.75, 3.05) is 25.1 Å². The van der Waals surface area contributed by atoms with Gasteiger partial charge in [-0.25, -0.2) is 13.4 Å². The van der Waals surface area contributed by atoms with Gasteiger partial charge in [-0.3, -0.25) is 4.79 Å². The van der Waals surface area contributed by atoms with Crippen LogP contribution < -0.4 is 5.32 Å². The first-order chi connectivity index (χ1) is 9.93. The number of likely N-dealkylation sites (N-methyl/N-ethyl adjacent to an activating group) is 1. The number of amides is 1. The number of thiazole rings is 1. The molecular weight excluding hydrogens is 310 g/mol. The van der Waals surface area contributed by atoms with Gasteiger partial charge in [-0.1, -0.05) is 0 Å². The average molecular weight is 329 g/mol. The molecule has 1 amide bonds. The number of carbonyl (C=O) groups excluding carboxylic acids is 1. The molecule has 0 aliphatic carbocycles. The molecule has 6 nitrogen and oxygen atoms in total. The molecule has 0 atom stereocenters. The van der Waals surface area contributed by atoms with E-state index in [0.29, 0.717) is 17.8 Å². The molecule has 1 N–H and O–H groups in total. The minimum Gasteiger partial charge on any atom is -0.347 e. The van der Waals surface area contributed by atoms with Gasteiger partial charge in [0.15, 0.2) is 5.01 Å². The predicted molar refractivity (Wildman–Crippen MR) is 81.3 cm³/mol. The number of nitrogens with zero attached hydrogens (tertiary/aromatic N) is 2. The summed E-state index contributed by atoms with van der Waals surface area (Å²) in [6, 6.07) is -0.0513. The second kappa shape index (κ2) is 5.66. The minimum atomic E-state index is -2.89. The first kappa shape index (κ1) is 14.9. The maximum Gasteiger partial charge on any atom is 0.280 e. The number of fused-ring (bicyclic) bond motifs is 1. The van der Waals surface area contributed by atoms with Crippen molar-refractivity contribution >= 4 is 27.1 Å². The number of carbonyl (C=O) groups is 1. The van der Waals surface area contributed by atoms with Crippen LogP contribution in [0, 0.1) is 0 Å². The van der Waals surface area contributed by atoms with E-state index < -0.39 is 9.84 Å². The number of nitrogens with one attached hydrogen (secondary N) is 1. The van der Waals surface area contributed by atoms with Crippen LogP contribution in [-0.2, 0) is 22.8 Å². The van der Waals surface area contributed by atoms with Crippen molar-refractivity contribution in [3.05, 3.63) is 15.6 Å². The molecule has 1 saturated heterocycles. The summed E-state index contributed by atoms with van der Waals surface area (Å²) < 4.78 is 22.8. The Labute approximate surface area is 128 Å². The van der Waals surface area contributed by atoms with Crippen molar-refractivity contribution in [1.82, 2.24) is 15.2 Å². The molecule has 0 radical (unpaired) electrons. The lowest BCUT2D eigenvalue weighted by atomic mass is 10.1. The zero-order valence-corrected chi connectivity index (χ0v) is 13.6. The van der Waals surface area contributed by atoms with Crippen molar-refractivity contribution < 1.29 is 13.2 Å². The highest BCUT2D eigenvalue weighted by molar-refractivity contribution is 7.91. The molecule has 1 fully saturated rings. The van der Waals surface area contributed by atoms with E-state index in [1.54, 1.807) is 0 Å². The van der Waals surface area contributed by atoms with Gasteiger partial charge in [-0.05, 0) is 19.9 Å². The number of aromatic nitrogens is 1. The van der Waals surface area contributed by atoms with Gasteiger partial charge in [0.25, 0.3) is 5.91 Å². The summed E-state index contributed by atoms with van der Waals surface area (Å²) in [5.41, 5.74) is 1.04. The third-order valence-electron chi connectivity index (χ3n) is 4.01. The molecule has 0 saturated carbocycles. The van der Waals surface area contributed by atoms with Gasteiger partial charge in [0.1, 0.15) is 9.84 Å². The Morgan fingerprint density at radius 2 is 2.10 bits per heavy atom. The molecule has 0 unspecified atom stereocenters. The largest absolute Gasteiger partial charge is 0.347 e. The summed E-state index contributed by atoms with van der Waals surface area (Å²) in [6.45, 7) is 1.82. The van der Waals surface area contributed by atoms with Crippen LogP contribution in [0.2, 0.25) is 0 Å². The predicted octanol–water partition coefficient (Wildman–Crippen LogP) is 0.438. The normalized spacial score (nSPS) is 22.7. The summed E-state index contributed by atoms with van der Waals surface area (Å²) in [5.74, 6) is 0.162. The Morgan fingerprint density at radius 3 is 2.81 bits per heavy atom. The van der Waals surface area contributed by atoms with E-state index in [4.69, 9.17) is 0 Å². The Balaban J connectivity index is 1.64. The van der Waals surface area contributed by atoms with Crippen molar-refractivity contribution in [1.29, 1.82) is 0 Å². The molecule has 3 rings (SSSR count). The van der Waals surface area contributed by atoms with Crippen LogP contribution in [0.4, 0.5) is 0 Å². The maximum atomic E-state index is 12.2. The van der Waals surface area contributed by atoms with Crippen molar-refractivity contribution in [2.45, 2.75) is 31.8 Å². The average Bonchev–Trinajstić information content (AvgIpc) is 2.84. The van der Waals surface area contributed by atoms with Crippen LogP contribution in [0.1, 0.15) is 33.2 Å². The highest BCUT2D eigenvalue weighted by Gasteiger charge is 2.27. The summed E-state index contributed by atoms with van der Waals surface area (Å²) in [4.78, 5) is 20.1. The van der Waals surface area contributed by atoms with Crippen LogP contribution in [0.25, 0.3) is 0 Å². The van der Waals surface area contributed by atoms with E-state index in [9.17, 15) is 13.2 Å². The Hall–Kier alpha value is -0.990. The first-order valence-corrected chi connectivity index (χ1v) is 9.75. The lowest BCUT2D eigenvalue weighted by Crippen LogP contribution is -2.40. The van der Waals surface area contributed by atoms with Gasteiger partial charge in [-0.15, -0.1) is 11.3 Å². The van der Waals surface area contributed by atoms with Gasteiger partial charge in [0.05, 0.1) is 17.2 Å². The van der Waals surface area contributed by atoms with Gasteiger partial charge in [0.2, 0.25) is 0 Å². The Morgan fingerprint density at radius 1 is 1.38 bits per heavy atom. The quantitative estimate of drug-likeness (QED) is 0.851. The smallest absolute Gasteiger partial charge is 0.280 e. The Bertz CT molecular complexity index is 640. The minimum absolute atomic E-state index is 0.0513. The topological polar surface area (TPSA) is 79.4 Å². The molecule has 2 aliphatic heterocycles. The number of hydrogen-bond acceptors (Lipinski definition) is 6. The van der Waals surface area contributed by atoms with E-state index in [0.717, 1.165) is 25.2 Å². The van der Waals surface area contributed by atoms with Crippen LogP contribution in [0.5, 0.6) is 0 Å². The van der Waals surface area contributed by atoms with Gasteiger partial charge in [0, 0.05) is 30.4 Å². The zero-order chi connectivity index (χ0) is 15.0. The van der Waals surface area contributed by atoms with E-state index in [-0.39, 0.29) is 23.5 Å². The van der Waals surface area contributed by atoms with Crippen LogP contribution >= 0.6 is 11.3 Å². The summed E-state index contributed by atoms with van der Waals surface area (Å²) in [7, 11) is -0.834. The van der Waals surface area contributed by atoms with Crippen molar-refractivity contribution in [2.24, 2.45) is 0 Å². The van der Waals surface area contributed by atoms with E-state index in [2.05, 4.69) is 22.2 Å². The molecule has 0 bridgehead atoms. The number of rotatable bonds is 2. The standard InChI is InChI=1S/C13H19N3O3S2/c1-16-5-2-10-11(8-16)20-13(15-10)12(17)14-9-3-6-21(18,19)7-4-9/h9H,2-8H2,1H3,(H,14,17). The van der Waals surface area contributed by atoms with Crippen LogP contribution in [0.15, 0.2) is 0 Å². The summed E-state index contributed by atoms with van der Waals surface area (Å²) >= 11 is 1.45. The fourth-order valence-corrected chi connectivity index (χ4v) is 5.28. The summed E-state index contributed by atoms with van der Waals surface area (Å²) in [5, 5.41) is 3.43. The molecule has 1 aromatic rings. The van der Waals surface area contributed by atoms with E-state index in [1.807, 2.05) is 0 Å². The Kier molecular flexibility index (Phi) is 4.02. The monoisotopic (exact) mass is 329 g/mol. The highest BCUT2D eigenvalue weighted by Crippen LogP contribution is 2.24. The second-order valence-corrected chi connectivity index (χ2v) is 9.16. The SMILES string of the molecule is CN1CCc2nc(C(=O)NC3CCS(=O)(=O)CC3)sc2C1. The zero-order valence-electron chi connectivity index (χ0n) is 12.0. The molecule has 116 valence electrons. The molecule has 21 heavy (non-hydrogen) atoms. The molecule has 0 aromatic carbocycles. The van der Waals surface area contributed by atoms with Gasteiger partial charge >= 0.3 is 0 Å². The fourth-order valence-electron chi connectivity index (χ4n) is 2.70. The summed E-state index contributed by atoms with van der Waals surface area (Å²) in [6.07, 6.45) is 1.89. The molecule has 0 spiro atoms. The third kappa shape index (κ3) is 3.44. The van der Waals surface area contributed by atoms with E-state index in [1.165, 1.54) is 16.2 Å². The van der Waals surface area contributed by atoms with Crippen LogP contribution in [0.3, 0.4) is 0 Å². The second-order valence-electron chi connectivity index (χ2n) is 5.78. The lowest BCUT2D eigenvalue weighted by Gasteiger charge is -2.22. The fraction of sp³-hybridized carbons (Fsp3) is 0.692. The number of hydrogen-bond donors (Lipinski definition) is 1. The van der Waals surface area contributed by atoms with Crippen molar-refractivity contribution in [3.63, 3.8) is 0 Å². The molecular formula is C13H19N3O3S2. The molecule has 1 aromatic heterocycles. The van der Waals surface area contributed by atoms with Gasteiger partial charge in [-0.2, -0.15) is 0 Å². The van der Waals surface area contributed by atoms with Gasteiger partial charge < -0.3 is 10.2 Å². The van der Waals surface area contributed by atoms with E-state index >= 15 is 0 Å². The third-order valence-corrected chi connectivity index (χ3v) is 6.80. The van der Waals surface area contributed by atoms with Crippen LogP contribution in [-0.4, -0.2) is 55.3 Å². The molecule has 8 heteroatoms. The maximum absolute atomic E-state index is 12.2. The molecule has 2 aliphatic rings. The molecule has 3 heterocycles. The first-order valence-electron chi connectivity index (χ1n) is 7.11. The number of sulfone groups is 1. The van der Waals surface area contributed by atoms with Crippen molar-refractivity contribution in [3.8, 4) is 0 Å². The highest BCUT2D eigenvalue weighted by atomic mass is 32.2. The lowest BCUT2D eigenvalue weighted by molar-refractivity contribution is 0.0933.